The Morgan fingerprint density at radius 3 is 2.32 bits per heavy atom. The molecule has 0 saturated heterocycles. The molecule has 0 saturated carbocycles. The van der Waals surface area contributed by atoms with Crippen LogP contribution >= 0.6 is 22.6 Å². The third-order valence-corrected chi connectivity index (χ3v) is 4.05. The third kappa shape index (κ3) is 5.14. The van der Waals surface area contributed by atoms with E-state index in [1.54, 1.807) is 12.1 Å². The molecule has 0 bridgehead atoms. The minimum absolute atomic E-state index is 0.0153. The highest BCUT2D eigenvalue weighted by Crippen LogP contribution is 2.10. The van der Waals surface area contributed by atoms with Gasteiger partial charge in [-0.1, -0.05) is 42.5 Å². The zero-order valence-corrected chi connectivity index (χ0v) is 14.2. The lowest BCUT2D eigenvalue weighted by atomic mass is 10.1. The summed E-state index contributed by atoms with van der Waals surface area (Å²) < 4.78 is 0.863. The minimum atomic E-state index is -0.233. The summed E-state index contributed by atoms with van der Waals surface area (Å²) in [6.45, 7) is 0.542. The van der Waals surface area contributed by atoms with E-state index in [0.717, 1.165) is 9.99 Å². The van der Waals surface area contributed by atoms with Crippen molar-refractivity contribution in [3.05, 3.63) is 69.3 Å². The maximum absolute atomic E-state index is 12.0. The number of halogens is 1. The molecule has 0 aliphatic rings. The molecule has 0 aromatic heterocycles. The summed E-state index contributed by atoms with van der Waals surface area (Å²) >= 11 is 2.10. The molecule has 2 rings (SSSR count). The molecule has 0 atom stereocenters. The molecule has 2 N–H and O–H groups in total. The second-order valence-electron chi connectivity index (χ2n) is 4.75. The number of benzene rings is 2. The fourth-order valence-electron chi connectivity index (χ4n) is 1.95. The third-order valence-electron chi connectivity index (χ3n) is 3.11. The van der Waals surface area contributed by atoms with Crippen molar-refractivity contribution < 1.29 is 9.59 Å². The van der Waals surface area contributed by atoms with E-state index in [2.05, 4.69) is 33.2 Å². The summed E-state index contributed by atoms with van der Waals surface area (Å²) in [5, 5.41) is 5.43. The number of hydrogen-bond donors (Lipinski definition) is 2. The quantitative estimate of drug-likeness (QED) is 0.722. The van der Waals surface area contributed by atoms with Gasteiger partial charge in [-0.25, -0.2) is 0 Å². The van der Waals surface area contributed by atoms with Crippen molar-refractivity contribution in [1.82, 2.24) is 10.6 Å². The van der Waals surface area contributed by atoms with Gasteiger partial charge in [0.05, 0.1) is 12.1 Å². The summed E-state index contributed by atoms with van der Waals surface area (Å²) in [7, 11) is 0. The van der Waals surface area contributed by atoms with Crippen molar-refractivity contribution in [2.75, 3.05) is 13.1 Å². The monoisotopic (exact) mass is 408 g/mol. The molecule has 0 heterocycles. The second kappa shape index (κ2) is 8.53. The van der Waals surface area contributed by atoms with Crippen LogP contribution in [0.4, 0.5) is 0 Å². The van der Waals surface area contributed by atoms with Crippen molar-refractivity contribution in [3.63, 3.8) is 0 Å². The maximum Gasteiger partial charge on any atom is 0.252 e. The van der Waals surface area contributed by atoms with Crippen LogP contribution in [0.15, 0.2) is 54.6 Å². The van der Waals surface area contributed by atoms with E-state index >= 15 is 0 Å². The molecule has 2 aromatic carbocycles. The zero-order chi connectivity index (χ0) is 15.8. The lowest BCUT2D eigenvalue weighted by molar-refractivity contribution is -0.120. The number of hydrogen-bond acceptors (Lipinski definition) is 2. The molecule has 0 unspecified atom stereocenters. The van der Waals surface area contributed by atoms with Crippen molar-refractivity contribution >= 4 is 34.4 Å². The first-order valence-corrected chi connectivity index (χ1v) is 8.08. The van der Waals surface area contributed by atoms with Crippen molar-refractivity contribution in [2.45, 2.75) is 6.42 Å². The molecule has 0 fully saturated rings. The van der Waals surface area contributed by atoms with Crippen LogP contribution in [0.3, 0.4) is 0 Å². The first-order chi connectivity index (χ1) is 10.7. The molecule has 0 radical (unpaired) electrons. The van der Waals surface area contributed by atoms with E-state index in [1.807, 2.05) is 42.5 Å². The topological polar surface area (TPSA) is 58.2 Å². The zero-order valence-electron chi connectivity index (χ0n) is 12.0. The summed E-state index contributed by atoms with van der Waals surface area (Å²) in [5.41, 5.74) is 1.76. The summed E-state index contributed by atoms with van der Waals surface area (Å²) in [4.78, 5) is 23.7. The highest BCUT2D eigenvalue weighted by molar-refractivity contribution is 14.1. The van der Waals surface area contributed by atoms with Gasteiger partial charge in [0.15, 0.2) is 0 Å². The van der Waals surface area contributed by atoms with E-state index in [1.165, 1.54) is 5.56 Å². The van der Waals surface area contributed by atoms with Crippen LogP contribution in [-0.4, -0.2) is 24.9 Å². The Balaban J connectivity index is 1.72. The largest absolute Gasteiger partial charge is 0.354 e. The maximum atomic E-state index is 12.0. The Morgan fingerprint density at radius 2 is 1.59 bits per heavy atom. The smallest absolute Gasteiger partial charge is 0.252 e. The summed E-state index contributed by atoms with van der Waals surface area (Å²) in [6.07, 6.45) is 0.775. The molecule has 0 spiro atoms. The average Bonchev–Trinajstić information content (AvgIpc) is 2.54. The Kier molecular flexibility index (Phi) is 6.39. The van der Waals surface area contributed by atoms with Gasteiger partial charge < -0.3 is 10.6 Å². The first-order valence-electron chi connectivity index (χ1n) is 7.00. The molecule has 22 heavy (non-hydrogen) atoms. The predicted molar refractivity (Wildman–Crippen MR) is 94.6 cm³/mol. The Hall–Kier alpha value is -1.89. The average molecular weight is 408 g/mol. The van der Waals surface area contributed by atoms with Crippen LogP contribution in [0.1, 0.15) is 15.9 Å². The second-order valence-corrected chi connectivity index (χ2v) is 5.91. The van der Waals surface area contributed by atoms with Crippen molar-refractivity contribution in [3.8, 4) is 0 Å². The van der Waals surface area contributed by atoms with Gasteiger partial charge >= 0.3 is 0 Å². The van der Waals surface area contributed by atoms with Gasteiger partial charge in [-0.2, -0.15) is 0 Å². The van der Waals surface area contributed by atoms with E-state index in [-0.39, 0.29) is 18.4 Å². The standard InChI is InChI=1S/C17H17IN2O2/c18-15-9-5-4-8-14(15)17(22)20-12-16(21)19-11-10-13-6-2-1-3-7-13/h1-9H,10-12H2,(H,19,21)(H,20,22). The number of nitrogens with one attached hydrogen (secondary N) is 2. The molecular weight excluding hydrogens is 391 g/mol. The Labute approximate surface area is 143 Å². The molecule has 5 heteroatoms. The van der Waals surface area contributed by atoms with Gasteiger partial charge in [0.2, 0.25) is 5.91 Å². The van der Waals surface area contributed by atoms with Crippen molar-refractivity contribution in [1.29, 1.82) is 0 Å². The molecule has 4 nitrogen and oxygen atoms in total. The Bertz CT molecular complexity index is 644. The molecule has 0 aliphatic heterocycles. The molecule has 0 aliphatic carbocycles. The van der Waals surface area contributed by atoms with E-state index in [4.69, 9.17) is 0 Å². The Morgan fingerprint density at radius 1 is 0.909 bits per heavy atom. The van der Waals surface area contributed by atoms with Gasteiger partial charge in [-0.3, -0.25) is 9.59 Å². The number of carbonyl (C=O) groups excluding carboxylic acids is 2. The minimum Gasteiger partial charge on any atom is -0.354 e. The fourth-order valence-corrected chi connectivity index (χ4v) is 2.59. The number of amides is 2. The number of rotatable bonds is 6. The molecule has 2 aromatic rings. The van der Waals surface area contributed by atoms with Crippen LogP contribution in [0, 0.1) is 3.57 Å². The fraction of sp³-hybridized carbons (Fsp3) is 0.176. The summed E-state index contributed by atoms with van der Waals surface area (Å²) in [5.74, 6) is -0.418. The SMILES string of the molecule is O=C(CNC(=O)c1ccccc1I)NCCc1ccccc1. The normalized spacial score (nSPS) is 10.0. The van der Waals surface area contributed by atoms with Gasteiger partial charge in [0.25, 0.3) is 5.91 Å². The predicted octanol–water partition coefficient (Wildman–Crippen LogP) is 2.38. The van der Waals surface area contributed by atoms with E-state index in [0.29, 0.717) is 12.1 Å². The van der Waals surface area contributed by atoms with E-state index < -0.39 is 0 Å². The highest BCUT2D eigenvalue weighted by atomic mass is 127. The van der Waals surface area contributed by atoms with Crippen LogP contribution in [0.5, 0.6) is 0 Å². The highest BCUT2D eigenvalue weighted by Gasteiger charge is 2.10. The van der Waals surface area contributed by atoms with Crippen LogP contribution < -0.4 is 10.6 Å². The lowest BCUT2D eigenvalue weighted by Gasteiger charge is -2.08. The first kappa shape index (κ1) is 16.5. The molecular formula is C17H17IN2O2. The number of carbonyl (C=O) groups is 2. The summed E-state index contributed by atoms with van der Waals surface area (Å²) in [6, 6.07) is 17.2. The molecule has 114 valence electrons. The lowest BCUT2D eigenvalue weighted by Crippen LogP contribution is -2.37. The van der Waals surface area contributed by atoms with Crippen molar-refractivity contribution in [2.24, 2.45) is 0 Å². The van der Waals surface area contributed by atoms with Crippen LogP contribution in [-0.2, 0) is 11.2 Å². The van der Waals surface area contributed by atoms with E-state index in [9.17, 15) is 9.59 Å². The van der Waals surface area contributed by atoms with Crippen LogP contribution in [0.25, 0.3) is 0 Å². The van der Waals surface area contributed by atoms with Crippen LogP contribution in [0.2, 0.25) is 0 Å². The van der Waals surface area contributed by atoms with Gasteiger partial charge in [-0.05, 0) is 46.7 Å². The van der Waals surface area contributed by atoms with Gasteiger partial charge in [0, 0.05) is 10.1 Å². The van der Waals surface area contributed by atoms with Gasteiger partial charge in [-0.15, -0.1) is 0 Å². The van der Waals surface area contributed by atoms with Gasteiger partial charge in [0.1, 0.15) is 0 Å². The molecule has 2 amide bonds.